The Balaban J connectivity index is 1.87. The van der Waals surface area contributed by atoms with Crippen LogP contribution in [-0.4, -0.2) is 0 Å². The Bertz CT molecular complexity index is 553. The molecule has 2 heteroatoms. The molecule has 22 heavy (non-hydrogen) atoms. The third kappa shape index (κ3) is 2.55. The molecule has 122 valence electrons. The van der Waals surface area contributed by atoms with Gasteiger partial charge >= 0.3 is 0 Å². The van der Waals surface area contributed by atoms with Crippen LogP contribution < -0.4 is 5.73 Å². The van der Waals surface area contributed by atoms with Crippen LogP contribution in [0, 0.1) is 23.1 Å². The van der Waals surface area contributed by atoms with Crippen LogP contribution in [0.3, 0.4) is 0 Å². The van der Waals surface area contributed by atoms with Gasteiger partial charge in [-0.2, -0.15) is 0 Å². The molecule has 0 radical (unpaired) electrons. The second-order valence-corrected chi connectivity index (χ2v) is 7.97. The maximum absolute atomic E-state index is 14.0. The second kappa shape index (κ2) is 5.86. The van der Waals surface area contributed by atoms with Gasteiger partial charge in [0.1, 0.15) is 5.82 Å². The van der Waals surface area contributed by atoms with Crippen molar-refractivity contribution >= 4 is 5.69 Å². The summed E-state index contributed by atoms with van der Waals surface area (Å²) in [6, 6.07) is 3.62. The van der Waals surface area contributed by atoms with Crippen molar-refractivity contribution in [3.05, 3.63) is 29.1 Å². The molecule has 1 aromatic carbocycles. The van der Waals surface area contributed by atoms with Gasteiger partial charge in [0.2, 0.25) is 0 Å². The molecule has 1 saturated carbocycles. The van der Waals surface area contributed by atoms with Gasteiger partial charge in [0.15, 0.2) is 0 Å². The molecule has 2 aliphatic carbocycles. The number of benzene rings is 1. The quantitative estimate of drug-likeness (QED) is 0.714. The van der Waals surface area contributed by atoms with Crippen LogP contribution in [0.15, 0.2) is 12.1 Å². The maximum atomic E-state index is 14.0. The van der Waals surface area contributed by atoms with Crippen molar-refractivity contribution in [3.8, 4) is 0 Å². The number of unbranched alkanes of at least 4 members (excludes halogenated alkanes) is 1. The monoisotopic (exact) mass is 303 g/mol. The third-order valence-corrected chi connectivity index (χ3v) is 6.79. The summed E-state index contributed by atoms with van der Waals surface area (Å²) in [7, 11) is 0. The van der Waals surface area contributed by atoms with E-state index in [-0.39, 0.29) is 5.82 Å². The lowest BCUT2D eigenvalue weighted by Gasteiger charge is -2.51. The summed E-state index contributed by atoms with van der Waals surface area (Å²) in [5, 5.41) is 0. The first kappa shape index (κ1) is 15.8. The predicted molar refractivity (Wildman–Crippen MR) is 91.4 cm³/mol. The number of aryl methyl sites for hydroxylation is 1. The summed E-state index contributed by atoms with van der Waals surface area (Å²) in [6.07, 6.45) is 8.76. The molecule has 2 N–H and O–H groups in total. The molecule has 4 unspecified atom stereocenters. The zero-order valence-electron chi connectivity index (χ0n) is 14.3. The standard InChI is InChI=1S/C20H30FN/c1-4-5-9-20(3)10-8-16-15(13(20)2)7-6-14-11-19(22)18(21)12-17(14)16/h11-13,15-16H,4-10,22H2,1-3H3. The fourth-order valence-electron chi connectivity index (χ4n) is 5.10. The first-order valence-corrected chi connectivity index (χ1v) is 9.04. The van der Waals surface area contributed by atoms with E-state index in [4.69, 9.17) is 5.73 Å². The average Bonchev–Trinajstić information content (AvgIpc) is 2.50. The van der Waals surface area contributed by atoms with Crippen molar-refractivity contribution in [1.82, 2.24) is 0 Å². The molecule has 0 saturated heterocycles. The van der Waals surface area contributed by atoms with E-state index in [9.17, 15) is 4.39 Å². The average molecular weight is 303 g/mol. The van der Waals surface area contributed by atoms with Gasteiger partial charge < -0.3 is 5.73 Å². The Hall–Kier alpha value is -1.05. The van der Waals surface area contributed by atoms with Crippen molar-refractivity contribution in [2.24, 2.45) is 17.3 Å². The zero-order chi connectivity index (χ0) is 15.9. The number of anilines is 1. The third-order valence-electron chi connectivity index (χ3n) is 6.79. The van der Waals surface area contributed by atoms with Crippen molar-refractivity contribution in [1.29, 1.82) is 0 Å². The summed E-state index contributed by atoms with van der Waals surface area (Å²) >= 11 is 0. The Morgan fingerprint density at radius 1 is 1.32 bits per heavy atom. The van der Waals surface area contributed by atoms with E-state index in [1.54, 1.807) is 6.07 Å². The van der Waals surface area contributed by atoms with Gasteiger partial charge in [-0.1, -0.05) is 33.6 Å². The number of fused-ring (bicyclic) bond motifs is 3. The second-order valence-electron chi connectivity index (χ2n) is 7.97. The largest absolute Gasteiger partial charge is 0.396 e. The molecule has 1 nitrogen and oxygen atoms in total. The lowest BCUT2D eigenvalue weighted by molar-refractivity contribution is 0.0352. The van der Waals surface area contributed by atoms with Crippen molar-refractivity contribution < 1.29 is 4.39 Å². The van der Waals surface area contributed by atoms with Crippen LogP contribution in [-0.2, 0) is 6.42 Å². The van der Waals surface area contributed by atoms with Crippen LogP contribution in [0.5, 0.6) is 0 Å². The molecule has 0 aliphatic heterocycles. The number of halogens is 1. The fourth-order valence-corrected chi connectivity index (χ4v) is 5.10. The van der Waals surface area contributed by atoms with E-state index < -0.39 is 0 Å². The van der Waals surface area contributed by atoms with Crippen LogP contribution in [0.2, 0.25) is 0 Å². The molecule has 0 bridgehead atoms. The van der Waals surface area contributed by atoms with Gasteiger partial charge in [-0.05, 0) is 78.5 Å². The minimum Gasteiger partial charge on any atom is -0.396 e. The van der Waals surface area contributed by atoms with Crippen molar-refractivity contribution in [2.45, 2.75) is 71.6 Å². The summed E-state index contributed by atoms with van der Waals surface area (Å²) in [5.74, 6) is 1.76. The van der Waals surface area contributed by atoms with E-state index in [0.29, 0.717) is 22.9 Å². The molecule has 0 heterocycles. The smallest absolute Gasteiger partial charge is 0.146 e. The molecule has 0 aromatic heterocycles. The molecule has 3 rings (SSSR count). The first-order chi connectivity index (χ1) is 10.5. The number of hydrogen-bond donors (Lipinski definition) is 1. The topological polar surface area (TPSA) is 26.0 Å². The highest BCUT2D eigenvalue weighted by atomic mass is 19.1. The van der Waals surface area contributed by atoms with E-state index in [2.05, 4.69) is 20.8 Å². The highest BCUT2D eigenvalue weighted by molar-refractivity contribution is 5.48. The highest BCUT2D eigenvalue weighted by Gasteiger charge is 2.45. The van der Waals surface area contributed by atoms with Crippen LogP contribution in [0.1, 0.15) is 76.3 Å². The normalized spacial score (nSPS) is 34.1. The van der Waals surface area contributed by atoms with Crippen LogP contribution in [0.25, 0.3) is 0 Å². The van der Waals surface area contributed by atoms with Crippen molar-refractivity contribution in [2.75, 3.05) is 5.73 Å². The molecular formula is C20H30FN. The van der Waals surface area contributed by atoms with Crippen LogP contribution in [0.4, 0.5) is 10.1 Å². The van der Waals surface area contributed by atoms with E-state index in [1.807, 2.05) is 6.07 Å². The van der Waals surface area contributed by atoms with Gasteiger partial charge in [-0.3, -0.25) is 0 Å². The van der Waals surface area contributed by atoms with Gasteiger partial charge in [-0.25, -0.2) is 4.39 Å². The number of nitrogen functional groups attached to an aromatic ring is 1. The molecule has 2 aliphatic rings. The lowest BCUT2D eigenvalue weighted by Crippen LogP contribution is -2.41. The Morgan fingerprint density at radius 2 is 2.09 bits per heavy atom. The minimum absolute atomic E-state index is 0.230. The predicted octanol–water partition coefficient (Wildman–Crippen LogP) is 5.68. The molecule has 4 atom stereocenters. The molecule has 1 aromatic rings. The summed E-state index contributed by atoms with van der Waals surface area (Å²) in [4.78, 5) is 0. The Kier molecular flexibility index (Phi) is 4.22. The minimum atomic E-state index is -0.230. The number of nitrogens with two attached hydrogens (primary N) is 1. The molecular weight excluding hydrogens is 273 g/mol. The Labute approximate surface area is 134 Å². The van der Waals surface area contributed by atoms with Gasteiger partial charge in [0.05, 0.1) is 5.69 Å². The summed E-state index contributed by atoms with van der Waals surface area (Å²) < 4.78 is 14.0. The SMILES string of the molecule is CCCCC1(C)CCC2c3cc(F)c(N)cc3CCC2C1C. The van der Waals surface area contributed by atoms with Crippen LogP contribution >= 0.6 is 0 Å². The summed E-state index contributed by atoms with van der Waals surface area (Å²) in [6.45, 7) is 7.22. The fraction of sp³-hybridized carbons (Fsp3) is 0.700. The van der Waals surface area contributed by atoms with Gasteiger partial charge in [0, 0.05) is 0 Å². The van der Waals surface area contributed by atoms with Gasteiger partial charge in [-0.15, -0.1) is 0 Å². The first-order valence-electron chi connectivity index (χ1n) is 9.04. The van der Waals surface area contributed by atoms with E-state index >= 15 is 0 Å². The number of hydrogen-bond acceptors (Lipinski definition) is 1. The summed E-state index contributed by atoms with van der Waals surface area (Å²) in [5.41, 5.74) is 9.10. The Morgan fingerprint density at radius 3 is 2.82 bits per heavy atom. The number of rotatable bonds is 3. The van der Waals surface area contributed by atoms with E-state index in [0.717, 1.165) is 12.3 Å². The molecule has 1 fully saturated rings. The van der Waals surface area contributed by atoms with Crippen molar-refractivity contribution in [3.63, 3.8) is 0 Å². The lowest BCUT2D eigenvalue weighted by atomic mass is 9.54. The molecule has 0 amide bonds. The van der Waals surface area contributed by atoms with Gasteiger partial charge in [0.25, 0.3) is 0 Å². The zero-order valence-corrected chi connectivity index (χ0v) is 14.3. The molecule has 0 spiro atoms. The van der Waals surface area contributed by atoms with E-state index in [1.165, 1.54) is 49.7 Å². The highest BCUT2D eigenvalue weighted by Crippen LogP contribution is 2.56. The maximum Gasteiger partial charge on any atom is 0.146 e.